The van der Waals surface area contributed by atoms with E-state index in [1.165, 1.54) is 6.42 Å². The summed E-state index contributed by atoms with van der Waals surface area (Å²) in [6.45, 7) is 3.26. The molecule has 0 saturated heterocycles. The second-order valence-electron chi connectivity index (χ2n) is 6.38. The standard InChI is InChI=1S/C16H29O7PS/c1-4-21-15(17)14(11-13-9-7-6-8-10-13)16(24-18,22-5-2)12-23-25(3,19)20/h13-14H,4-12H2,1-3H3. The molecule has 0 radical (unpaired) electrons. The van der Waals surface area contributed by atoms with Gasteiger partial charge in [-0.3, -0.25) is 13.5 Å². The maximum Gasteiger partial charge on any atom is 0.312 e. The van der Waals surface area contributed by atoms with Gasteiger partial charge < -0.3 is 9.47 Å². The molecule has 0 aromatic rings. The molecule has 1 aliphatic carbocycles. The topological polar surface area (TPSA) is 96.0 Å². The molecule has 25 heavy (non-hydrogen) atoms. The number of hydrogen-bond acceptors (Lipinski definition) is 7. The fourth-order valence-corrected chi connectivity index (χ4v) is 4.38. The van der Waals surface area contributed by atoms with Crippen LogP contribution < -0.4 is 0 Å². The summed E-state index contributed by atoms with van der Waals surface area (Å²) in [7, 11) is -4.26. The number of ether oxygens (including phenoxy) is 2. The first-order chi connectivity index (χ1) is 11.8. The summed E-state index contributed by atoms with van der Waals surface area (Å²) >= 11 is 0. The molecule has 0 N–H and O–H groups in total. The van der Waals surface area contributed by atoms with Gasteiger partial charge in [0.15, 0.2) is 13.8 Å². The Bertz CT molecular complexity index is 531. The van der Waals surface area contributed by atoms with E-state index >= 15 is 0 Å². The third-order valence-electron chi connectivity index (χ3n) is 4.44. The highest BCUT2D eigenvalue weighted by molar-refractivity contribution is 7.86. The molecule has 7 nitrogen and oxygen atoms in total. The minimum atomic E-state index is -3.77. The van der Waals surface area contributed by atoms with E-state index in [4.69, 9.17) is 13.7 Å². The smallest absolute Gasteiger partial charge is 0.312 e. The third kappa shape index (κ3) is 7.29. The minimum absolute atomic E-state index is 0.170. The number of rotatable bonds is 11. The van der Waals surface area contributed by atoms with Crippen molar-refractivity contribution in [3.8, 4) is 0 Å². The van der Waals surface area contributed by atoms with Crippen molar-refractivity contribution in [2.45, 2.75) is 57.7 Å². The largest absolute Gasteiger partial charge is 0.466 e. The molecule has 0 aliphatic heterocycles. The zero-order valence-corrected chi connectivity index (χ0v) is 16.9. The lowest BCUT2D eigenvalue weighted by molar-refractivity contribution is -0.159. The van der Waals surface area contributed by atoms with Gasteiger partial charge in [0.2, 0.25) is 0 Å². The SMILES string of the molecule is CCOC(=O)C(CC1CCCCC1)C(COS(C)(=O)=O)(OCC)P=O. The van der Waals surface area contributed by atoms with Gasteiger partial charge in [-0.05, 0) is 26.2 Å². The van der Waals surface area contributed by atoms with Gasteiger partial charge in [0.1, 0.15) is 6.61 Å². The van der Waals surface area contributed by atoms with Crippen LogP contribution in [-0.4, -0.2) is 45.8 Å². The van der Waals surface area contributed by atoms with E-state index in [0.29, 0.717) is 12.3 Å². The molecular weight excluding hydrogens is 367 g/mol. The van der Waals surface area contributed by atoms with Gasteiger partial charge in [0.25, 0.3) is 10.1 Å². The van der Waals surface area contributed by atoms with Gasteiger partial charge in [0.05, 0.1) is 18.8 Å². The van der Waals surface area contributed by atoms with E-state index in [0.717, 1.165) is 31.9 Å². The van der Waals surface area contributed by atoms with Crippen LogP contribution in [0.2, 0.25) is 0 Å². The quantitative estimate of drug-likeness (QED) is 0.301. The molecule has 2 unspecified atom stereocenters. The van der Waals surface area contributed by atoms with E-state index in [9.17, 15) is 17.8 Å². The van der Waals surface area contributed by atoms with E-state index in [-0.39, 0.29) is 13.2 Å². The van der Waals surface area contributed by atoms with Crippen molar-refractivity contribution in [3.63, 3.8) is 0 Å². The van der Waals surface area contributed by atoms with Crippen molar-refractivity contribution in [1.82, 2.24) is 0 Å². The highest BCUT2D eigenvalue weighted by Gasteiger charge is 2.48. The number of carbonyl (C=O) groups excluding carboxylic acids is 1. The summed E-state index contributed by atoms with van der Waals surface area (Å²) in [4.78, 5) is 12.6. The second-order valence-corrected chi connectivity index (χ2v) is 8.96. The zero-order chi connectivity index (χ0) is 18.9. The Morgan fingerprint density at radius 2 is 1.84 bits per heavy atom. The van der Waals surface area contributed by atoms with Gasteiger partial charge in [-0.25, -0.2) is 0 Å². The fraction of sp³-hybridized carbons (Fsp3) is 0.938. The van der Waals surface area contributed by atoms with Gasteiger partial charge >= 0.3 is 5.97 Å². The third-order valence-corrected chi connectivity index (χ3v) is 5.86. The molecule has 2 atom stereocenters. The fourth-order valence-electron chi connectivity index (χ4n) is 3.26. The lowest BCUT2D eigenvalue weighted by atomic mass is 9.81. The van der Waals surface area contributed by atoms with Crippen molar-refractivity contribution in [3.05, 3.63) is 0 Å². The van der Waals surface area contributed by atoms with Crippen LogP contribution in [0.5, 0.6) is 0 Å². The lowest BCUT2D eigenvalue weighted by Gasteiger charge is -2.35. The van der Waals surface area contributed by atoms with Crippen molar-refractivity contribution < 1.29 is 31.4 Å². The Morgan fingerprint density at radius 1 is 1.20 bits per heavy atom. The summed E-state index contributed by atoms with van der Waals surface area (Å²) in [6, 6.07) is 0. The number of hydrogen-bond donors (Lipinski definition) is 0. The Morgan fingerprint density at radius 3 is 2.32 bits per heavy atom. The van der Waals surface area contributed by atoms with Crippen LogP contribution in [-0.2, 0) is 33.1 Å². The molecule has 1 aliphatic rings. The van der Waals surface area contributed by atoms with Crippen LogP contribution in [0.4, 0.5) is 0 Å². The maximum absolute atomic E-state index is 12.6. The number of esters is 1. The second kappa shape index (κ2) is 10.6. The molecule has 0 heterocycles. The first-order valence-corrected chi connectivity index (χ1v) is 11.4. The Kier molecular flexibility index (Phi) is 9.49. The molecule has 0 amide bonds. The van der Waals surface area contributed by atoms with E-state index in [2.05, 4.69) is 0 Å². The monoisotopic (exact) mass is 396 g/mol. The van der Waals surface area contributed by atoms with Crippen LogP contribution in [0.15, 0.2) is 0 Å². The van der Waals surface area contributed by atoms with Gasteiger partial charge in [-0.15, -0.1) is 0 Å². The summed E-state index contributed by atoms with van der Waals surface area (Å²) in [5.41, 5.74) is 0. The number of carbonyl (C=O) groups is 1. The normalized spacial score (nSPS) is 20.1. The molecule has 146 valence electrons. The minimum Gasteiger partial charge on any atom is -0.466 e. The van der Waals surface area contributed by atoms with E-state index in [1.807, 2.05) is 0 Å². The van der Waals surface area contributed by atoms with E-state index < -0.39 is 42.4 Å². The van der Waals surface area contributed by atoms with Crippen molar-refractivity contribution in [2.24, 2.45) is 11.8 Å². The zero-order valence-electron chi connectivity index (χ0n) is 15.2. The summed E-state index contributed by atoms with van der Waals surface area (Å²) in [6.07, 6.45) is 6.69. The van der Waals surface area contributed by atoms with Gasteiger partial charge in [0, 0.05) is 6.61 Å². The van der Waals surface area contributed by atoms with Crippen LogP contribution in [0, 0.1) is 11.8 Å². The molecule has 9 heteroatoms. The molecular formula is C16H29O7PS. The predicted molar refractivity (Wildman–Crippen MR) is 94.1 cm³/mol. The van der Waals surface area contributed by atoms with Crippen LogP contribution >= 0.6 is 8.46 Å². The molecule has 0 aromatic heterocycles. The molecule has 0 aromatic carbocycles. The maximum atomic E-state index is 12.6. The molecule has 0 spiro atoms. The summed E-state index contributed by atoms with van der Waals surface area (Å²) in [5.74, 6) is -1.08. The Labute approximate surface area is 152 Å². The van der Waals surface area contributed by atoms with Crippen molar-refractivity contribution >= 4 is 24.5 Å². The van der Waals surface area contributed by atoms with Crippen LogP contribution in [0.3, 0.4) is 0 Å². The van der Waals surface area contributed by atoms with Crippen molar-refractivity contribution in [2.75, 3.05) is 26.1 Å². The van der Waals surface area contributed by atoms with Gasteiger partial charge in [-0.2, -0.15) is 8.42 Å². The molecule has 0 bridgehead atoms. The predicted octanol–water partition coefficient (Wildman–Crippen LogP) is 3.14. The molecule has 1 rings (SSSR count). The van der Waals surface area contributed by atoms with Crippen LogP contribution in [0.1, 0.15) is 52.4 Å². The average molecular weight is 396 g/mol. The summed E-state index contributed by atoms with van der Waals surface area (Å²) < 4.78 is 50.5. The Balaban J connectivity index is 3.10. The first kappa shape index (κ1) is 22.5. The highest BCUT2D eigenvalue weighted by atomic mass is 32.2. The molecule has 1 fully saturated rings. The first-order valence-electron chi connectivity index (χ1n) is 8.77. The van der Waals surface area contributed by atoms with Crippen molar-refractivity contribution in [1.29, 1.82) is 0 Å². The average Bonchev–Trinajstić information content (AvgIpc) is 2.57. The Hall–Kier alpha value is -0.560. The lowest BCUT2D eigenvalue weighted by Crippen LogP contribution is -2.46. The van der Waals surface area contributed by atoms with Gasteiger partial charge in [-0.1, -0.05) is 32.1 Å². The highest BCUT2D eigenvalue weighted by Crippen LogP contribution is 2.41. The van der Waals surface area contributed by atoms with Crippen LogP contribution in [0.25, 0.3) is 0 Å². The summed E-state index contributed by atoms with van der Waals surface area (Å²) in [5, 5.41) is -1.57. The molecule has 1 saturated carbocycles. The van der Waals surface area contributed by atoms with E-state index in [1.54, 1.807) is 13.8 Å².